The Hall–Kier alpha value is -2.66. The van der Waals surface area contributed by atoms with E-state index in [2.05, 4.69) is 53.8 Å². The van der Waals surface area contributed by atoms with Gasteiger partial charge in [-0.25, -0.2) is 4.98 Å². The van der Waals surface area contributed by atoms with Crippen LogP contribution < -0.4 is 10.3 Å². The summed E-state index contributed by atoms with van der Waals surface area (Å²) in [7, 11) is 0. The second-order valence-corrected chi connectivity index (χ2v) is 7.74. The number of H-pyrrole nitrogens is 1. The van der Waals surface area contributed by atoms with E-state index in [1.807, 2.05) is 24.3 Å². The molecule has 4 rings (SSSR count). The van der Waals surface area contributed by atoms with E-state index >= 15 is 0 Å². The molecule has 1 unspecified atom stereocenters. The van der Waals surface area contributed by atoms with Gasteiger partial charge in [-0.1, -0.05) is 18.2 Å². The number of aromatic amines is 1. The van der Waals surface area contributed by atoms with E-state index in [9.17, 15) is 4.79 Å². The maximum absolute atomic E-state index is 12.4. The molecule has 2 heterocycles. The number of benzene rings is 2. The van der Waals surface area contributed by atoms with Gasteiger partial charge >= 0.3 is 0 Å². The highest BCUT2D eigenvalue weighted by Crippen LogP contribution is 2.26. The van der Waals surface area contributed by atoms with Crippen molar-refractivity contribution in [2.24, 2.45) is 0 Å². The average Bonchev–Trinajstić information content (AvgIpc) is 2.71. The summed E-state index contributed by atoms with van der Waals surface area (Å²) in [6.45, 7) is 8.19. The number of nitrogens with zero attached hydrogens (tertiary/aromatic N) is 2. The Morgan fingerprint density at radius 1 is 1.11 bits per heavy atom. The Balaban J connectivity index is 1.42. The van der Waals surface area contributed by atoms with Crippen molar-refractivity contribution in [2.75, 3.05) is 13.1 Å². The topological polar surface area (TPSA) is 58.2 Å². The van der Waals surface area contributed by atoms with Crippen molar-refractivity contribution in [1.82, 2.24) is 14.9 Å². The first-order chi connectivity index (χ1) is 13.5. The first-order valence-electron chi connectivity index (χ1n) is 9.98. The van der Waals surface area contributed by atoms with Crippen LogP contribution >= 0.6 is 0 Å². The molecular formula is C23H27N3O2. The van der Waals surface area contributed by atoms with E-state index in [1.54, 1.807) is 0 Å². The number of piperidine rings is 1. The van der Waals surface area contributed by atoms with Crippen LogP contribution in [0.25, 0.3) is 10.9 Å². The molecule has 0 spiro atoms. The zero-order valence-electron chi connectivity index (χ0n) is 16.7. The van der Waals surface area contributed by atoms with Gasteiger partial charge in [-0.15, -0.1) is 0 Å². The third kappa shape index (κ3) is 3.80. The summed E-state index contributed by atoms with van der Waals surface area (Å²) in [6.07, 6.45) is 2.17. The number of ether oxygens (including phenoxy) is 1. The Labute approximate surface area is 165 Å². The van der Waals surface area contributed by atoms with Gasteiger partial charge in [0.15, 0.2) is 0 Å². The van der Waals surface area contributed by atoms with Gasteiger partial charge < -0.3 is 9.72 Å². The van der Waals surface area contributed by atoms with Gasteiger partial charge in [0.05, 0.1) is 16.9 Å². The highest BCUT2D eigenvalue weighted by atomic mass is 16.5. The standard InChI is InChI=1S/C23H27N3O2/c1-15-8-9-19(14-16(15)2)28-18-10-12-26(13-11-18)17(3)22-24-21-7-5-4-6-20(21)23(27)25-22/h4-9,14,17-18H,10-13H2,1-3H3,(H,24,25,27). The second kappa shape index (κ2) is 7.76. The number of nitrogens with one attached hydrogen (secondary N) is 1. The fraction of sp³-hybridized carbons (Fsp3) is 0.391. The summed E-state index contributed by atoms with van der Waals surface area (Å²) in [5, 5.41) is 0.638. The van der Waals surface area contributed by atoms with E-state index in [1.165, 1.54) is 11.1 Å². The third-order valence-corrected chi connectivity index (χ3v) is 5.83. The number of aryl methyl sites for hydroxylation is 2. The van der Waals surface area contributed by atoms with Crippen molar-refractivity contribution in [3.8, 4) is 5.75 Å². The van der Waals surface area contributed by atoms with Crippen LogP contribution in [0.3, 0.4) is 0 Å². The molecular weight excluding hydrogens is 350 g/mol. The molecule has 146 valence electrons. The van der Waals surface area contributed by atoms with Crippen LogP contribution in [-0.2, 0) is 0 Å². The summed E-state index contributed by atoms with van der Waals surface area (Å²) in [6, 6.07) is 13.8. The fourth-order valence-electron chi connectivity index (χ4n) is 3.84. The van der Waals surface area contributed by atoms with Crippen molar-refractivity contribution in [3.05, 3.63) is 69.8 Å². The Kier molecular flexibility index (Phi) is 5.18. The van der Waals surface area contributed by atoms with E-state index in [4.69, 9.17) is 4.74 Å². The molecule has 0 saturated carbocycles. The van der Waals surface area contributed by atoms with Crippen molar-refractivity contribution in [1.29, 1.82) is 0 Å². The highest BCUT2D eigenvalue weighted by Gasteiger charge is 2.26. The van der Waals surface area contributed by atoms with E-state index < -0.39 is 0 Å². The molecule has 28 heavy (non-hydrogen) atoms. The second-order valence-electron chi connectivity index (χ2n) is 7.74. The minimum atomic E-state index is -0.0691. The molecule has 2 aromatic carbocycles. The van der Waals surface area contributed by atoms with Crippen LogP contribution in [0.2, 0.25) is 0 Å². The largest absolute Gasteiger partial charge is 0.490 e. The van der Waals surface area contributed by atoms with Gasteiger partial charge in [0, 0.05) is 13.1 Å². The molecule has 1 aliphatic heterocycles. The van der Waals surface area contributed by atoms with Crippen molar-refractivity contribution in [3.63, 3.8) is 0 Å². The SMILES string of the molecule is Cc1ccc(OC2CCN(C(C)c3nc4ccccc4c(=O)[nH]3)CC2)cc1C. The van der Waals surface area contributed by atoms with Crippen LogP contribution in [0.1, 0.15) is 42.8 Å². The first-order valence-corrected chi connectivity index (χ1v) is 9.98. The summed E-state index contributed by atoms with van der Waals surface area (Å²) >= 11 is 0. The predicted octanol–water partition coefficient (Wildman–Crippen LogP) is 4.14. The Morgan fingerprint density at radius 3 is 2.61 bits per heavy atom. The molecule has 3 aromatic rings. The number of rotatable bonds is 4. The van der Waals surface area contributed by atoms with Gasteiger partial charge in [-0.3, -0.25) is 9.69 Å². The number of likely N-dealkylation sites (tertiary alicyclic amines) is 1. The van der Waals surface area contributed by atoms with Crippen LogP contribution in [0.4, 0.5) is 0 Å². The zero-order valence-corrected chi connectivity index (χ0v) is 16.7. The van der Waals surface area contributed by atoms with Gasteiger partial charge in [0.25, 0.3) is 5.56 Å². The summed E-state index contributed by atoms with van der Waals surface area (Å²) in [4.78, 5) is 22.4. The normalized spacial score (nSPS) is 17.0. The van der Waals surface area contributed by atoms with Crippen molar-refractivity contribution in [2.45, 2.75) is 45.8 Å². The quantitative estimate of drug-likeness (QED) is 0.742. The molecule has 0 aliphatic carbocycles. The number of hydrogen-bond acceptors (Lipinski definition) is 4. The summed E-state index contributed by atoms with van der Waals surface area (Å²) in [5.41, 5.74) is 3.23. The number of hydrogen-bond donors (Lipinski definition) is 1. The third-order valence-electron chi connectivity index (χ3n) is 5.83. The number of fused-ring (bicyclic) bond motifs is 1. The number of para-hydroxylation sites is 1. The first kappa shape index (κ1) is 18.7. The van der Waals surface area contributed by atoms with E-state index in [0.717, 1.165) is 43.0 Å². The maximum atomic E-state index is 12.4. The highest BCUT2D eigenvalue weighted by molar-refractivity contribution is 5.77. The van der Waals surface area contributed by atoms with E-state index in [0.29, 0.717) is 5.39 Å². The summed E-state index contributed by atoms with van der Waals surface area (Å²) < 4.78 is 6.20. The van der Waals surface area contributed by atoms with Crippen LogP contribution in [-0.4, -0.2) is 34.1 Å². The Morgan fingerprint density at radius 2 is 1.86 bits per heavy atom. The van der Waals surface area contributed by atoms with Gasteiger partial charge in [0.1, 0.15) is 17.7 Å². The average molecular weight is 377 g/mol. The van der Waals surface area contributed by atoms with Gasteiger partial charge in [-0.05, 0) is 69.0 Å². The lowest BCUT2D eigenvalue weighted by Crippen LogP contribution is -2.40. The van der Waals surface area contributed by atoms with Gasteiger partial charge in [-0.2, -0.15) is 0 Å². The van der Waals surface area contributed by atoms with Crippen LogP contribution in [0.5, 0.6) is 5.75 Å². The minimum absolute atomic E-state index is 0.0691. The van der Waals surface area contributed by atoms with Crippen LogP contribution in [0.15, 0.2) is 47.3 Å². The lowest BCUT2D eigenvalue weighted by Gasteiger charge is -2.35. The van der Waals surface area contributed by atoms with E-state index in [-0.39, 0.29) is 17.7 Å². The minimum Gasteiger partial charge on any atom is -0.490 e. The smallest absolute Gasteiger partial charge is 0.258 e. The molecule has 1 atom stereocenters. The molecule has 5 heteroatoms. The fourth-order valence-corrected chi connectivity index (χ4v) is 3.84. The summed E-state index contributed by atoms with van der Waals surface area (Å²) in [5.74, 6) is 1.69. The zero-order chi connectivity index (χ0) is 19.7. The Bertz CT molecular complexity index is 1040. The number of aromatic nitrogens is 2. The maximum Gasteiger partial charge on any atom is 0.258 e. The molecule has 1 aliphatic rings. The molecule has 0 bridgehead atoms. The van der Waals surface area contributed by atoms with Gasteiger partial charge in [0.2, 0.25) is 0 Å². The molecule has 0 radical (unpaired) electrons. The lowest BCUT2D eigenvalue weighted by molar-refractivity contribution is 0.0774. The van der Waals surface area contributed by atoms with Crippen molar-refractivity contribution >= 4 is 10.9 Å². The molecule has 5 nitrogen and oxygen atoms in total. The predicted molar refractivity (Wildman–Crippen MR) is 112 cm³/mol. The molecule has 1 fully saturated rings. The van der Waals surface area contributed by atoms with Crippen molar-refractivity contribution < 1.29 is 4.74 Å². The molecule has 1 aromatic heterocycles. The monoisotopic (exact) mass is 377 g/mol. The molecule has 1 saturated heterocycles. The molecule has 1 N–H and O–H groups in total. The van der Waals surface area contributed by atoms with Crippen LogP contribution in [0, 0.1) is 13.8 Å². The molecule has 0 amide bonds. The lowest BCUT2D eigenvalue weighted by atomic mass is 10.0.